The van der Waals surface area contributed by atoms with Gasteiger partial charge in [-0.1, -0.05) is 48.5 Å². The number of fused-ring (bicyclic) bond motifs is 1. The van der Waals surface area contributed by atoms with Crippen LogP contribution in [0.15, 0.2) is 72.9 Å². The number of amides is 2. The topological polar surface area (TPSA) is 120 Å². The van der Waals surface area contributed by atoms with Crippen molar-refractivity contribution in [3.05, 3.63) is 78.5 Å². The molecule has 4 aromatic rings. The van der Waals surface area contributed by atoms with Crippen LogP contribution in [0.4, 0.5) is 5.82 Å². The first kappa shape index (κ1) is 19.3. The summed E-state index contributed by atoms with van der Waals surface area (Å²) in [5, 5.41) is 22.4. The maximum absolute atomic E-state index is 12.5. The van der Waals surface area contributed by atoms with Gasteiger partial charge in [-0.3, -0.25) is 19.7 Å². The zero-order chi connectivity index (χ0) is 20.9. The van der Waals surface area contributed by atoms with E-state index < -0.39 is 24.5 Å². The van der Waals surface area contributed by atoms with Crippen molar-refractivity contribution in [2.24, 2.45) is 0 Å². The predicted octanol–water partition coefficient (Wildman–Crippen LogP) is 2.35. The van der Waals surface area contributed by atoms with Gasteiger partial charge in [0.05, 0.1) is 23.4 Å². The van der Waals surface area contributed by atoms with Crippen molar-refractivity contribution in [1.82, 2.24) is 20.5 Å². The second kappa shape index (κ2) is 8.54. The molecule has 1 atom stereocenters. The van der Waals surface area contributed by atoms with Crippen LogP contribution in [0, 0.1) is 0 Å². The summed E-state index contributed by atoms with van der Waals surface area (Å²) in [6, 6.07) is 19.1. The molecule has 0 bridgehead atoms. The number of nitrogens with one attached hydrogen (secondary N) is 3. The van der Waals surface area contributed by atoms with E-state index in [1.807, 2.05) is 54.6 Å². The van der Waals surface area contributed by atoms with Crippen molar-refractivity contribution in [1.29, 1.82) is 0 Å². The monoisotopic (exact) mass is 401 g/mol. The predicted molar refractivity (Wildman–Crippen MR) is 113 cm³/mol. The van der Waals surface area contributed by atoms with Gasteiger partial charge in [-0.05, 0) is 17.7 Å². The van der Waals surface area contributed by atoms with E-state index in [4.69, 9.17) is 0 Å². The number of hydrogen-bond donors (Lipinski definition) is 4. The largest absolute Gasteiger partial charge is 0.394 e. The zero-order valence-electron chi connectivity index (χ0n) is 15.9. The normalized spacial score (nSPS) is 11.8. The van der Waals surface area contributed by atoms with Crippen LogP contribution in [0.1, 0.15) is 10.4 Å². The molecular formula is C22H19N5O3. The number of rotatable bonds is 6. The number of para-hydroxylation sites is 1. The number of aromatic amines is 1. The smallest absolute Gasteiger partial charge is 0.253 e. The molecule has 8 nitrogen and oxygen atoms in total. The molecule has 30 heavy (non-hydrogen) atoms. The van der Waals surface area contributed by atoms with E-state index >= 15 is 0 Å². The molecule has 2 aromatic heterocycles. The molecule has 0 aliphatic rings. The van der Waals surface area contributed by atoms with Crippen LogP contribution >= 0.6 is 0 Å². The molecule has 0 aliphatic heterocycles. The van der Waals surface area contributed by atoms with Crippen LogP contribution in [-0.2, 0) is 4.79 Å². The number of carbonyl (C=O) groups excluding carboxylic acids is 2. The highest BCUT2D eigenvalue weighted by atomic mass is 16.3. The van der Waals surface area contributed by atoms with Gasteiger partial charge in [0.15, 0.2) is 5.82 Å². The van der Waals surface area contributed by atoms with Gasteiger partial charge >= 0.3 is 0 Å². The van der Waals surface area contributed by atoms with Crippen LogP contribution in [0.5, 0.6) is 0 Å². The third-order valence-corrected chi connectivity index (χ3v) is 4.57. The quantitative estimate of drug-likeness (QED) is 0.395. The van der Waals surface area contributed by atoms with E-state index in [2.05, 4.69) is 25.8 Å². The van der Waals surface area contributed by atoms with Crippen LogP contribution in [0.2, 0.25) is 0 Å². The van der Waals surface area contributed by atoms with E-state index in [1.165, 1.54) is 6.20 Å². The minimum absolute atomic E-state index is 0.291. The van der Waals surface area contributed by atoms with Gasteiger partial charge in [0.25, 0.3) is 11.8 Å². The lowest BCUT2D eigenvalue weighted by Crippen LogP contribution is -2.46. The van der Waals surface area contributed by atoms with Crippen LogP contribution < -0.4 is 10.6 Å². The Kier molecular flexibility index (Phi) is 5.49. The molecule has 2 aromatic carbocycles. The second-order valence-electron chi connectivity index (χ2n) is 6.65. The summed E-state index contributed by atoms with van der Waals surface area (Å²) in [5.41, 5.74) is 2.71. The molecule has 4 rings (SSSR count). The molecule has 0 saturated carbocycles. The Morgan fingerprint density at radius 1 is 1.03 bits per heavy atom. The van der Waals surface area contributed by atoms with Crippen molar-refractivity contribution in [2.75, 3.05) is 11.9 Å². The lowest BCUT2D eigenvalue weighted by atomic mass is 10.1. The Hall–Kier alpha value is -4.04. The summed E-state index contributed by atoms with van der Waals surface area (Å²) >= 11 is 0. The highest BCUT2D eigenvalue weighted by Gasteiger charge is 2.22. The molecular weight excluding hydrogens is 382 g/mol. The molecule has 2 heterocycles. The summed E-state index contributed by atoms with van der Waals surface area (Å²) in [4.78, 5) is 29.3. The average Bonchev–Trinajstić information content (AvgIpc) is 3.26. The fourth-order valence-corrected chi connectivity index (χ4v) is 3.00. The number of carbonyl (C=O) groups is 2. The molecule has 0 fully saturated rings. The van der Waals surface area contributed by atoms with E-state index in [0.29, 0.717) is 11.4 Å². The second-order valence-corrected chi connectivity index (χ2v) is 6.65. The maximum Gasteiger partial charge on any atom is 0.253 e. The number of aliphatic hydroxyl groups excluding tert-OH is 1. The minimum Gasteiger partial charge on any atom is -0.394 e. The first-order valence-electron chi connectivity index (χ1n) is 9.32. The van der Waals surface area contributed by atoms with Gasteiger partial charge < -0.3 is 15.7 Å². The van der Waals surface area contributed by atoms with E-state index in [1.54, 1.807) is 12.1 Å². The van der Waals surface area contributed by atoms with Crippen LogP contribution in [0.3, 0.4) is 0 Å². The Labute approximate surface area is 172 Å². The number of benzene rings is 2. The Morgan fingerprint density at radius 3 is 2.60 bits per heavy atom. The third-order valence-electron chi connectivity index (χ3n) is 4.57. The Balaban J connectivity index is 1.43. The van der Waals surface area contributed by atoms with Gasteiger partial charge in [-0.15, -0.1) is 0 Å². The van der Waals surface area contributed by atoms with Crippen molar-refractivity contribution < 1.29 is 14.7 Å². The fourth-order valence-electron chi connectivity index (χ4n) is 3.00. The molecule has 0 unspecified atom stereocenters. The van der Waals surface area contributed by atoms with Crippen molar-refractivity contribution in [3.63, 3.8) is 0 Å². The number of nitrogens with zero attached hydrogens (tertiary/aromatic N) is 2. The van der Waals surface area contributed by atoms with E-state index in [-0.39, 0.29) is 0 Å². The lowest BCUT2D eigenvalue weighted by molar-refractivity contribution is -0.118. The van der Waals surface area contributed by atoms with E-state index in [9.17, 15) is 14.7 Å². The van der Waals surface area contributed by atoms with Crippen LogP contribution in [0.25, 0.3) is 22.2 Å². The number of anilines is 1. The third kappa shape index (κ3) is 4.18. The van der Waals surface area contributed by atoms with Gasteiger partial charge in [0, 0.05) is 17.6 Å². The standard InChI is InChI=1S/C22H19N5O3/c28-13-19(24-21(29)16-10-15-8-4-5-9-17(15)23-12-16)22(30)25-20-11-18(26-27-20)14-6-2-1-3-7-14/h1-12,19,28H,13H2,(H,24,29)(H2,25,26,27,30)/t19-/m0/s1. The van der Waals surface area contributed by atoms with Crippen molar-refractivity contribution in [2.45, 2.75) is 6.04 Å². The number of aromatic nitrogens is 3. The number of H-pyrrole nitrogens is 1. The summed E-state index contributed by atoms with van der Waals surface area (Å²) < 4.78 is 0. The Morgan fingerprint density at radius 2 is 1.80 bits per heavy atom. The minimum atomic E-state index is -1.14. The molecule has 4 N–H and O–H groups in total. The molecule has 0 saturated heterocycles. The number of hydrogen-bond acceptors (Lipinski definition) is 5. The molecule has 0 spiro atoms. The first-order valence-corrected chi connectivity index (χ1v) is 9.32. The van der Waals surface area contributed by atoms with Gasteiger partial charge in [-0.2, -0.15) is 5.10 Å². The van der Waals surface area contributed by atoms with Crippen molar-refractivity contribution >= 4 is 28.5 Å². The summed E-state index contributed by atoms with van der Waals surface area (Å²) in [5.74, 6) is -0.793. The summed E-state index contributed by atoms with van der Waals surface area (Å²) in [6.45, 7) is -0.561. The first-order chi connectivity index (χ1) is 14.6. The van der Waals surface area contributed by atoms with Gasteiger partial charge in [0.2, 0.25) is 0 Å². The van der Waals surface area contributed by atoms with Crippen molar-refractivity contribution in [3.8, 4) is 11.3 Å². The molecule has 8 heteroatoms. The molecule has 2 amide bonds. The van der Waals surface area contributed by atoms with Crippen LogP contribution in [-0.4, -0.2) is 44.8 Å². The zero-order valence-corrected chi connectivity index (χ0v) is 15.9. The molecule has 150 valence electrons. The average molecular weight is 401 g/mol. The summed E-state index contributed by atoms with van der Waals surface area (Å²) in [7, 11) is 0. The molecule has 0 aliphatic carbocycles. The lowest BCUT2D eigenvalue weighted by Gasteiger charge is -2.15. The summed E-state index contributed by atoms with van der Waals surface area (Å²) in [6.07, 6.45) is 1.43. The number of aliphatic hydroxyl groups is 1. The maximum atomic E-state index is 12.5. The van der Waals surface area contributed by atoms with Gasteiger partial charge in [-0.25, -0.2) is 0 Å². The highest BCUT2D eigenvalue weighted by molar-refractivity contribution is 6.02. The van der Waals surface area contributed by atoms with E-state index in [0.717, 1.165) is 22.2 Å². The fraction of sp³-hybridized carbons (Fsp3) is 0.0909. The number of pyridine rings is 1. The molecule has 0 radical (unpaired) electrons. The van der Waals surface area contributed by atoms with Gasteiger partial charge in [0.1, 0.15) is 6.04 Å². The highest BCUT2D eigenvalue weighted by Crippen LogP contribution is 2.19. The Bertz CT molecular complexity index is 1190. The SMILES string of the molecule is O=C(N[C@@H](CO)C(=O)Nc1cc(-c2ccccc2)[nH]n1)c1cnc2ccccc2c1.